The molecule has 6 nitrogen and oxygen atoms in total. The van der Waals surface area contributed by atoms with E-state index in [0.717, 1.165) is 5.69 Å². The van der Waals surface area contributed by atoms with Crippen molar-refractivity contribution in [1.29, 1.82) is 0 Å². The van der Waals surface area contributed by atoms with E-state index in [-0.39, 0.29) is 11.5 Å². The summed E-state index contributed by atoms with van der Waals surface area (Å²) in [6.07, 6.45) is 3.01. The van der Waals surface area contributed by atoms with Crippen LogP contribution in [0.4, 0.5) is 11.4 Å². The van der Waals surface area contributed by atoms with Crippen LogP contribution in [-0.4, -0.2) is 23.5 Å². The van der Waals surface area contributed by atoms with Crippen LogP contribution in [0.5, 0.6) is 0 Å². The molecule has 6 heteroatoms. The van der Waals surface area contributed by atoms with E-state index in [2.05, 4.69) is 5.10 Å². The van der Waals surface area contributed by atoms with Gasteiger partial charge in [0.15, 0.2) is 0 Å². The number of hydrazone groups is 1. The molecule has 2 aromatic rings. The summed E-state index contributed by atoms with van der Waals surface area (Å²) in [6.45, 7) is 1.64. The van der Waals surface area contributed by atoms with Crippen molar-refractivity contribution < 1.29 is 9.72 Å². The highest BCUT2D eigenvalue weighted by Crippen LogP contribution is 2.13. The van der Waals surface area contributed by atoms with E-state index in [1.807, 2.05) is 30.3 Å². The fraction of sp³-hybridized carbons (Fsp3) is 0.111. The molecule has 0 bridgehead atoms. The molecule has 0 atom stereocenters. The number of anilines is 1. The lowest BCUT2D eigenvalue weighted by Crippen LogP contribution is -2.16. The lowest BCUT2D eigenvalue weighted by atomic mass is 10.1. The Morgan fingerprint density at radius 1 is 1.12 bits per heavy atom. The SMILES string of the molecule is C/C(=N\N(C)c1ccccc1)C(=O)/C=C/c1ccc([N+](=O)[O-])cc1. The lowest BCUT2D eigenvalue weighted by molar-refractivity contribution is -0.384. The monoisotopic (exact) mass is 323 g/mol. The van der Waals surface area contributed by atoms with Crippen LogP contribution >= 0.6 is 0 Å². The van der Waals surface area contributed by atoms with Crippen molar-refractivity contribution >= 4 is 28.9 Å². The van der Waals surface area contributed by atoms with Crippen LogP contribution in [0.2, 0.25) is 0 Å². The highest BCUT2D eigenvalue weighted by molar-refractivity contribution is 6.43. The number of hydrogen-bond acceptors (Lipinski definition) is 5. The number of allylic oxidation sites excluding steroid dienone is 1. The molecule has 122 valence electrons. The quantitative estimate of drug-likeness (QED) is 0.351. The van der Waals surface area contributed by atoms with Crippen LogP contribution in [0.15, 0.2) is 65.8 Å². The minimum absolute atomic E-state index is 0.0145. The Hall–Kier alpha value is -3.28. The third-order valence-electron chi connectivity index (χ3n) is 3.32. The van der Waals surface area contributed by atoms with Gasteiger partial charge in [0.1, 0.15) is 5.71 Å². The van der Waals surface area contributed by atoms with Gasteiger partial charge in [0.05, 0.1) is 10.6 Å². The number of benzene rings is 2. The van der Waals surface area contributed by atoms with Crippen LogP contribution < -0.4 is 5.01 Å². The summed E-state index contributed by atoms with van der Waals surface area (Å²) in [5, 5.41) is 16.5. The third kappa shape index (κ3) is 4.61. The average Bonchev–Trinajstić information content (AvgIpc) is 2.60. The van der Waals surface area contributed by atoms with Gasteiger partial charge in [-0.3, -0.25) is 19.9 Å². The van der Waals surface area contributed by atoms with Gasteiger partial charge in [-0.15, -0.1) is 0 Å². The van der Waals surface area contributed by atoms with Gasteiger partial charge >= 0.3 is 0 Å². The smallest absolute Gasteiger partial charge is 0.269 e. The first kappa shape index (κ1) is 17.1. The van der Waals surface area contributed by atoms with E-state index in [4.69, 9.17) is 0 Å². The summed E-state index contributed by atoms with van der Waals surface area (Å²) in [7, 11) is 1.77. The van der Waals surface area contributed by atoms with Crippen LogP contribution in [0.25, 0.3) is 6.08 Å². The van der Waals surface area contributed by atoms with Crippen LogP contribution in [0.3, 0.4) is 0 Å². The van der Waals surface area contributed by atoms with E-state index in [1.165, 1.54) is 18.2 Å². The van der Waals surface area contributed by atoms with Crippen LogP contribution in [0.1, 0.15) is 12.5 Å². The number of para-hydroxylation sites is 1. The molecule has 0 aliphatic heterocycles. The Balaban J connectivity index is 2.05. The summed E-state index contributed by atoms with van der Waals surface area (Å²) < 4.78 is 0. The number of rotatable bonds is 6. The molecule has 0 aliphatic carbocycles. The van der Waals surface area contributed by atoms with Crippen molar-refractivity contribution in [3.05, 3.63) is 76.4 Å². The van der Waals surface area contributed by atoms with E-state index < -0.39 is 4.92 Å². The highest BCUT2D eigenvalue weighted by Gasteiger charge is 2.06. The Morgan fingerprint density at radius 3 is 2.33 bits per heavy atom. The first-order chi connectivity index (χ1) is 11.5. The lowest BCUT2D eigenvalue weighted by Gasteiger charge is -2.13. The first-order valence-corrected chi connectivity index (χ1v) is 7.28. The molecule has 0 aromatic heterocycles. The molecule has 0 heterocycles. The second-order valence-corrected chi connectivity index (χ2v) is 5.09. The fourth-order valence-electron chi connectivity index (χ4n) is 1.98. The Morgan fingerprint density at radius 2 is 1.75 bits per heavy atom. The predicted octanol–water partition coefficient (Wildman–Crippen LogP) is 3.69. The number of hydrogen-bond donors (Lipinski definition) is 0. The number of non-ortho nitro benzene ring substituents is 1. The average molecular weight is 323 g/mol. The second kappa shape index (κ2) is 7.82. The maximum absolute atomic E-state index is 12.1. The van der Waals surface area contributed by atoms with Gasteiger partial charge in [0.25, 0.3) is 5.69 Å². The zero-order valence-electron chi connectivity index (χ0n) is 13.4. The number of ketones is 1. The molecule has 24 heavy (non-hydrogen) atoms. The molecule has 0 N–H and O–H groups in total. The zero-order valence-corrected chi connectivity index (χ0v) is 13.4. The molecular formula is C18H17N3O3. The van der Waals surface area contributed by atoms with Crippen molar-refractivity contribution in [2.24, 2.45) is 5.10 Å². The molecule has 0 saturated heterocycles. The van der Waals surface area contributed by atoms with E-state index in [9.17, 15) is 14.9 Å². The van der Waals surface area contributed by atoms with Gasteiger partial charge in [-0.2, -0.15) is 5.10 Å². The number of nitrogens with zero attached hydrogens (tertiary/aromatic N) is 3. The summed E-state index contributed by atoms with van der Waals surface area (Å²) in [4.78, 5) is 22.2. The standard InChI is InChI=1S/C18H17N3O3/c1-14(19-20(2)16-6-4-3-5-7-16)18(22)13-10-15-8-11-17(12-9-15)21(23)24/h3-13H,1-2H3/b13-10+,19-14+. The number of carbonyl (C=O) groups is 1. The Bertz CT molecular complexity index is 781. The third-order valence-corrected chi connectivity index (χ3v) is 3.32. The topological polar surface area (TPSA) is 75.8 Å². The van der Waals surface area contributed by atoms with Crippen molar-refractivity contribution in [1.82, 2.24) is 0 Å². The molecular weight excluding hydrogens is 306 g/mol. The zero-order chi connectivity index (χ0) is 17.5. The second-order valence-electron chi connectivity index (χ2n) is 5.09. The molecule has 0 amide bonds. The van der Waals surface area contributed by atoms with Crippen molar-refractivity contribution in [2.45, 2.75) is 6.92 Å². The summed E-state index contributed by atoms with van der Waals surface area (Å²) in [5.41, 5.74) is 1.95. The van der Waals surface area contributed by atoms with Crippen molar-refractivity contribution in [3.63, 3.8) is 0 Å². The largest absolute Gasteiger partial charge is 0.288 e. The maximum atomic E-state index is 12.1. The number of nitro groups is 1. The van der Waals surface area contributed by atoms with Gasteiger partial charge in [0, 0.05) is 19.2 Å². The van der Waals surface area contributed by atoms with Gasteiger partial charge < -0.3 is 0 Å². The molecule has 0 spiro atoms. The summed E-state index contributed by atoms with van der Waals surface area (Å²) >= 11 is 0. The Kier molecular flexibility index (Phi) is 5.57. The molecule has 0 saturated carbocycles. The molecule has 0 aliphatic rings. The minimum Gasteiger partial charge on any atom is -0.288 e. The molecule has 2 rings (SSSR count). The predicted molar refractivity (Wildman–Crippen MR) is 95.1 cm³/mol. The highest BCUT2D eigenvalue weighted by atomic mass is 16.6. The normalized spacial score (nSPS) is 11.5. The molecule has 2 aromatic carbocycles. The van der Waals surface area contributed by atoms with Gasteiger partial charge in [-0.05, 0) is 42.8 Å². The Labute approximate surface area is 139 Å². The molecule has 0 fully saturated rings. The van der Waals surface area contributed by atoms with E-state index in [0.29, 0.717) is 11.3 Å². The molecule has 0 radical (unpaired) electrons. The van der Waals surface area contributed by atoms with Gasteiger partial charge in [0.2, 0.25) is 5.78 Å². The minimum atomic E-state index is -0.463. The van der Waals surface area contributed by atoms with Crippen molar-refractivity contribution in [2.75, 3.05) is 12.1 Å². The van der Waals surface area contributed by atoms with E-state index >= 15 is 0 Å². The number of carbonyl (C=O) groups excluding carboxylic acids is 1. The number of nitro benzene ring substituents is 1. The van der Waals surface area contributed by atoms with Crippen molar-refractivity contribution in [3.8, 4) is 0 Å². The van der Waals surface area contributed by atoms with Crippen LogP contribution in [-0.2, 0) is 4.79 Å². The molecule has 0 unspecified atom stereocenters. The van der Waals surface area contributed by atoms with Crippen LogP contribution in [0, 0.1) is 10.1 Å². The van der Waals surface area contributed by atoms with Gasteiger partial charge in [-0.1, -0.05) is 24.3 Å². The first-order valence-electron chi connectivity index (χ1n) is 7.28. The summed E-state index contributed by atoms with van der Waals surface area (Å²) in [5.74, 6) is -0.226. The maximum Gasteiger partial charge on any atom is 0.269 e. The summed E-state index contributed by atoms with van der Waals surface area (Å²) in [6, 6.07) is 15.5. The van der Waals surface area contributed by atoms with Gasteiger partial charge in [-0.25, -0.2) is 0 Å². The van der Waals surface area contributed by atoms with E-state index in [1.54, 1.807) is 37.2 Å². The fourth-order valence-corrected chi connectivity index (χ4v) is 1.98.